The summed E-state index contributed by atoms with van der Waals surface area (Å²) in [5.74, 6) is 0.132. The number of nitrogens with zero attached hydrogens (tertiary/aromatic N) is 1. The van der Waals surface area contributed by atoms with Gasteiger partial charge in [0.1, 0.15) is 5.82 Å². The van der Waals surface area contributed by atoms with Crippen LogP contribution in [0.1, 0.15) is 38.7 Å². The minimum absolute atomic E-state index is 0.0249. The fraction of sp³-hybridized carbons (Fsp3) is 0.550. The summed E-state index contributed by atoms with van der Waals surface area (Å²) in [6.07, 6.45) is 7.04. The van der Waals surface area contributed by atoms with Gasteiger partial charge in [-0.3, -0.25) is 4.79 Å². The Kier molecular flexibility index (Phi) is 5.74. The lowest BCUT2D eigenvalue weighted by Crippen LogP contribution is -2.45. The van der Waals surface area contributed by atoms with E-state index < -0.39 is 0 Å². The van der Waals surface area contributed by atoms with Crippen LogP contribution in [0.2, 0.25) is 0 Å². The first kappa shape index (κ1) is 17.9. The molecule has 25 heavy (non-hydrogen) atoms. The maximum atomic E-state index is 14.5. The molecule has 0 spiro atoms. The molecule has 1 fully saturated rings. The third-order valence-electron chi connectivity index (χ3n) is 4.82. The Hall–Kier alpha value is -1.88. The standard InChI is InChI=1S/C20H27FN2O2/c1-14-12-23(13-15(2)25-14)19-8-7-17(9-18(19)21)11-22-20(24)10-16-5-3-4-6-16/h3,5,7-9,14-16H,4,6,10-13H2,1-2H3,(H,22,24)/t14-,15-,16-/m1/s1. The fourth-order valence-corrected chi connectivity index (χ4v) is 3.67. The number of halogens is 1. The molecule has 0 radical (unpaired) electrons. The number of hydrogen-bond acceptors (Lipinski definition) is 3. The largest absolute Gasteiger partial charge is 0.372 e. The average molecular weight is 346 g/mol. The number of amides is 1. The van der Waals surface area contributed by atoms with Gasteiger partial charge in [-0.25, -0.2) is 4.39 Å². The van der Waals surface area contributed by atoms with Crippen LogP contribution in [0.15, 0.2) is 30.4 Å². The summed E-state index contributed by atoms with van der Waals surface area (Å²) in [6.45, 7) is 5.74. The summed E-state index contributed by atoms with van der Waals surface area (Å²) in [7, 11) is 0. The van der Waals surface area contributed by atoms with Crippen LogP contribution in [-0.2, 0) is 16.1 Å². The van der Waals surface area contributed by atoms with E-state index in [2.05, 4.69) is 17.5 Å². The van der Waals surface area contributed by atoms with E-state index in [1.54, 1.807) is 6.07 Å². The molecule has 1 saturated heterocycles. The Bertz CT molecular complexity index is 637. The molecule has 4 nitrogen and oxygen atoms in total. The highest BCUT2D eigenvalue weighted by Crippen LogP contribution is 2.25. The van der Waals surface area contributed by atoms with Gasteiger partial charge in [0.05, 0.1) is 17.9 Å². The first-order chi connectivity index (χ1) is 12.0. The molecule has 1 aromatic rings. The van der Waals surface area contributed by atoms with Gasteiger partial charge in [-0.15, -0.1) is 0 Å². The number of benzene rings is 1. The van der Waals surface area contributed by atoms with Crippen LogP contribution in [-0.4, -0.2) is 31.2 Å². The van der Waals surface area contributed by atoms with Gasteiger partial charge in [-0.05, 0) is 50.3 Å². The molecule has 5 heteroatoms. The molecule has 2 aliphatic rings. The van der Waals surface area contributed by atoms with E-state index in [0.717, 1.165) is 18.4 Å². The van der Waals surface area contributed by atoms with E-state index >= 15 is 0 Å². The lowest BCUT2D eigenvalue weighted by molar-refractivity contribution is -0.121. The van der Waals surface area contributed by atoms with Gasteiger partial charge < -0.3 is 15.0 Å². The summed E-state index contributed by atoms with van der Waals surface area (Å²) < 4.78 is 20.2. The van der Waals surface area contributed by atoms with Crippen LogP contribution in [0.3, 0.4) is 0 Å². The summed E-state index contributed by atoms with van der Waals surface area (Å²) in [5.41, 5.74) is 1.39. The molecule has 1 N–H and O–H groups in total. The Labute approximate surface area is 149 Å². The number of ether oxygens (including phenoxy) is 1. The second kappa shape index (κ2) is 8.00. The number of anilines is 1. The quantitative estimate of drug-likeness (QED) is 0.831. The second-order valence-electron chi connectivity index (χ2n) is 7.19. The van der Waals surface area contributed by atoms with Gasteiger partial charge in [0, 0.05) is 26.1 Å². The van der Waals surface area contributed by atoms with Crippen molar-refractivity contribution in [2.45, 2.75) is 51.9 Å². The first-order valence-electron chi connectivity index (χ1n) is 9.13. The lowest BCUT2D eigenvalue weighted by atomic mass is 10.0. The lowest BCUT2D eigenvalue weighted by Gasteiger charge is -2.37. The molecule has 1 aliphatic heterocycles. The summed E-state index contributed by atoms with van der Waals surface area (Å²) >= 11 is 0. The number of nitrogens with one attached hydrogen (secondary N) is 1. The minimum atomic E-state index is -0.244. The molecule has 1 amide bonds. The van der Waals surface area contributed by atoms with Gasteiger partial charge in [0.15, 0.2) is 0 Å². The van der Waals surface area contributed by atoms with Crippen molar-refractivity contribution in [1.29, 1.82) is 0 Å². The predicted molar refractivity (Wildman–Crippen MR) is 96.9 cm³/mol. The number of hydrogen-bond donors (Lipinski definition) is 1. The van der Waals surface area contributed by atoms with Gasteiger partial charge in [-0.2, -0.15) is 0 Å². The van der Waals surface area contributed by atoms with Crippen molar-refractivity contribution in [1.82, 2.24) is 5.32 Å². The molecule has 3 atom stereocenters. The summed E-state index contributed by atoms with van der Waals surface area (Å²) in [4.78, 5) is 14.0. The Balaban J connectivity index is 1.56. The van der Waals surface area contributed by atoms with E-state index in [9.17, 15) is 9.18 Å². The normalized spacial score (nSPS) is 26.0. The van der Waals surface area contributed by atoms with Crippen molar-refractivity contribution in [2.24, 2.45) is 5.92 Å². The molecule has 0 bridgehead atoms. The zero-order chi connectivity index (χ0) is 17.8. The number of carbonyl (C=O) groups is 1. The van der Waals surface area contributed by atoms with Gasteiger partial charge >= 0.3 is 0 Å². The van der Waals surface area contributed by atoms with Crippen molar-refractivity contribution in [3.05, 3.63) is 41.7 Å². The van der Waals surface area contributed by atoms with Crippen LogP contribution in [0.5, 0.6) is 0 Å². The molecule has 1 aliphatic carbocycles. The maximum absolute atomic E-state index is 14.5. The van der Waals surface area contributed by atoms with E-state index in [1.807, 2.05) is 24.8 Å². The van der Waals surface area contributed by atoms with Crippen molar-refractivity contribution < 1.29 is 13.9 Å². The van der Waals surface area contributed by atoms with E-state index in [-0.39, 0.29) is 23.9 Å². The van der Waals surface area contributed by atoms with Crippen LogP contribution < -0.4 is 10.2 Å². The van der Waals surface area contributed by atoms with Crippen LogP contribution in [0.25, 0.3) is 0 Å². The molecule has 1 aromatic carbocycles. The molecule has 1 heterocycles. The monoisotopic (exact) mass is 346 g/mol. The van der Waals surface area contributed by atoms with Crippen molar-refractivity contribution >= 4 is 11.6 Å². The van der Waals surface area contributed by atoms with Gasteiger partial charge in [0.2, 0.25) is 5.91 Å². The number of allylic oxidation sites excluding steroid dienone is 2. The van der Waals surface area contributed by atoms with E-state index in [1.165, 1.54) is 6.07 Å². The Morgan fingerprint density at radius 1 is 1.32 bits per heavy atom. The van der Waals surface area contributed by atoms with Crippen LogP contribution in [0, 0.1) is 11.7 Å². The molecular formula is C20H27FN2O2. The third kappa shape index (κ3) is 4.82. The minimum Gasteiger partial charge on any atom is -0.372 e. The molecule has 136 valence electrons. The highest BCUT2D eigenvalue weighted by molar-refractivity contribution is 5.76. The zero-order valence-corrected chi connectivity index (χ0v) is 15.0. The Morgan fingerprint density at radius 2 is 2.08 bits per heavy atom. The fourth-order valence-electron chi connectivity index (χ4n) is 3.67. The van der Waals surface area contributed by atoms with Crippen LogP contribution in [0.4, 0.5) is 10.1 Å². The molecule has 0 saturated carbocycles. The molecule has 0 aromatic heterocycles. The first-order valence-corrected chi connectivity index (χ1v) is 9.13. The topological polar surface area (TPSA) is 41.6 Å². The molecular weight excluding hydrogens is 319 g/mol. The maximum Gasteiger partial charge on any atom is 0.220 e. The SMILES string of the molecule is C[C@@H]1CN(c2ccc(CNC(=O)C[C@@H]3C=CCC3)cc2F)C[C@@H](C)O1. The zero-order valence-electron chi connectivity index (χ0n) is 15.0. The molecule has 0 unspecified atom stereocenters. The van der Waals surface area contributed by atoms with Gasteiger partial charge in [0.25, 0.3) is 0 Å². The highest BCUT2D eigenvalue weighted by atomic mass is 19.1. The number of morpholine rings is 1. The van der Waals surface area contributed by atoms with E-state index in [4.69, 9.17) is 4.74 Å². The van der Waals surface area contributed by atoms with Gasteiger partial charge in [-0.1, -0.05) is 18.2 Å². The van der Waals surface area contributed by atoms with Crippen LogP contribution >= 0.6 is 0 Å². The second-order valence-corrected chi connectivity index (χ2v) is 7.19. The van der Waals surface area contributed by atoms with Crippen molar-refractivity contribution in [2.75, 3.05) is 18.0 Å². The van der Waals surface area contributed by atoms with Crippen molar-refractivity contribution in [3.63, 3.8) is 0 Å². The number of rotatable bonds is 5. The average Bonchev–Trinajstić information content (AvgIpc) is 3.05. The smallest absolute Gasteiger partial charge is 0.220 e. The Morgan fingerprint density at radius 3 is 2.72 bits per heavy atom. The highest BCUT2D eigenvalue weighted by Gasteiger charge is 2.24. The van der Waals surface area contributed by atoms with E-state index in [0.29, 0.717) is 37.7 Å². The summed E-state index contributed by atoms with van der Waals surface area (Å²) in [5, 5.41) is 2.89. The summed E-state index contributed by atoms with van der Waals surface area (Å²) in [6, 6.07) is 5.22. The predicted octanol–water partition coefficient (Wildman–Crippen LogP) is 3.41. The third-order valence-corrected chi connectivity index (χ3v) is 4.82. The number of carbonyl (C=O) groups excluding carboxylic acids is 1. The molecule has 3 rings (SSSR count). The van der Waals surface area contributed by atoms with Crippen molar-refractivity contribution in [3.8, 4) is 0 Å².